The summed E-state index contributed by atoms with van der Waals surface area (Å²) >= 11 is 10.6. The number of halogens is 2. The topological polar surface area (TPSA) is 49.3 Å². The minimum Gasteiger partial charge on any atom is -0.477 e. The molecule has 2 N–H and O–H groups in total. The molecule has 6 heteroatoms. The van der Waals surface area contributed by atoms with Crippen molar-refractivity contribution in [3.05, 3.63) is 49.6 Å². The largest absolute Gasteiger partial charge is 0.477 e. The quantitative estimate of drug-likeness (QED) is 0.858. The average Bonchev–Trinajstić information content (AvgIpc) is 2.79. The molecule has 1 aromatic carbocycles. The minimum atomic E-state index is -0.896. The molecule has 0 atom stereocenters. The van der Waals surface area contributed by atoms with Crippen LogP contribution in [-0.4, -0.2) is 11.1 Å². The molecule has 18 heavy (non-hydrogen) atoms. The summed E-state index contributed by atoms with van der Waals surface area (Å²) in [5.41, 5.74) is 1.60. The second-order valence-electron chi connectivity index (χ2n) is 3.54. The van der Waals surface area contributed by atoms with Crippen LogP contribution in [0.5, 0.6) is 0 Å². The van der Waals surface area contributed by atoms with Crippen LogP contribution >= 0.6 is 38.9 Å². The normalized spacial score (nSPS) is 10.3. The Kier molecular flexibility index (Phi) is 4.27. The Balaban J connectivity index is 2.14. The van der Waals surface area contributed by atoms with E-state index in [4.69, 9.17) is 16.7 Å². The Morgan fingerprint density at radius 1 is 1.44 bits per heavy atom. The first-order valence-corrected chi connectivity index (χ1v) is 7.12. The maximum absolute atomic E-state index is 11.0. The molecule has 0 aliphatic heterocycles. The maximum Gasteiger partial charge on any atom is 0.346 e. The summed E-state index contributed by atoms with van der Waals surface area (Å²) in [6.45, 7) is 0.448. The Morgan fingerprint density at radius 3 is 2.94 bits per heavy atom. The first kappa shape index (κ1) is 13.4. The highest BCUT2D eigenvalue weighted by Crippen LogP contribution is 2.30. The van der Waals surface area contributed by atoms with Gasteiger partial charge in [-0.15, -0.1) is 11.3 Å². The van der Waals surface area contributed by atoms with Crippen LogP contribution in [-0.2, 0) is 6.54 Å². The molecule has 0 unspecified atom stereocenters. The molecule has 0 aliphatic carbocycles. The van der Waals surface area contributed by atoms with Crippen molar-refractivity contribution in [2.24, 2.45) is 0 Å². The van der Waals surface area contributed by atoms with Gasteiger partial charge in [-0.25, -0.2) is 4.79 Å². The van der Waals surface area contributed by atoms with Crippen LogP contribution in [0.1, 0.15) is 15.2 Å². The molecule has 0 spiro atoms. The van der Waals surface area contributed by atoms with Gasteiger partial charge in [0.15, 0.2) is 0 Å². The molecule has 0 amide bonds. The Bertz CT molecular complexity index is 585. The lowest BCUT2D eigenvalue weighted by Crippen LogP contribution is -2.04. The molecule has 0 aliphatic rings. The summed E-state index contributed by atoms with van der Waals surface area (Å²) in [6.07, 6.45) is 0. The van der Waals surface area contributed by atoms with Gasteiger partial charge in [-0.2, -0.15) is 0 Å². The van der Waals surface area contributed by atoms with Gasteiger partial charge >= 0.3 is 5.97 Å². The first-order valence-electron chi connectivity index (χ1n) is 5.07. The fraction of sp³-hybridized carbons (Fsp3) is 0.0833. The van der Waals surface area contributed by atoms with Gasteiger partial charge in [0, 0.05) is 6.54 Å². The number of carboxylic acid groups (broad SMARTS) is 1. The molecule has 94 valence electrons. The second-order valence-corrected chi connectivity index (χ2v) is 5.65. The van der Waals surface area contributed by atoms with Gasteiger partial charge in [0.1, 0.15) is 4.88 Å². The van der Waals surface area contributed by atoms with Crippen LogP contribution in [0.15, 0.2) is 34.1 Å². The van der Waals surface area contributed by atoms with E-state index in [0.717, 1.165) is 15.7 Å². The lowest BCUT2D eigenvalue weighted by atomic mass is 10.2. The van der Waals surface area contributed by atoms with Crippen LogP contribution in [0.2, 0.25) is 5.02 Å². The summed E-state index contributed by atoms with van der Waals surface area (Å²) in [5.74, 6) is -0.896. The molecule has 2 aromatic rings. The Labute approximate surface area is 122 Å². The number of benzene rings is 1. The number of thiophene rings is 1. The van der Waals surface area contributed by atoms with Gasteiger partial charge in [0.25, 0.3) is 0 Å². The third-order valence-corrected chi connectivity index (χ3v) is 4.70. The van der Waals surface area contributed by atoms with E-state index in [1.165, 1.54) is 11.3 Å². The number of carbonyl (C=O) groups is 1. The minimum absolute atomic E-state index is 0.362. The summed E-state index contributed by atoms with van der Waals surface area (Å²) in [7, 11) is 0. The number of rotatable bonds is 4. The molecule has 0 saturated heterocycles. The Morgan fingerprint density at radius 2 is 2.22 bits per heavy atom. The van der Waals surface area contributed by atoms with Crippen molar-refractivity contribution in [2.45, 2.75) is 6.54 Å². The van der Waals surface area contributed by atoms with Crippen LogP contribution in [0.4, 0.5) is 5.69 Å². The zero-order chi connectivity index (χ0) is 13.1. The second kappa shape index (κ2) is 5.73. The average molecular weight is 347 g/mol. The van der Waals surface area contributed by atoms with Crippen LogP contribution in [0.25, 0.3) is 0 Å². The first-order chi connectivity index (χ1) is 8.59. The number of hydrogen-bond acceptors (Lipinski definition) is 3. The molecule has 1 aromatic heterocycles. The van der Waals surface area contributed by atoms with E-state index >= 15 is 0 Å². The van der Waals surface area contributed by atoms with Crippen LogP contribution < -0.4 is 5.32 Å². The lowest BCUT2D eigenvalue weighted by Gasteiger charge is -2.09. The fourth-order valence-corrected chi connectivity index (χ4v) is 2.83. The van der Waals surface area contributed by atoms with E-state index in [9.17, 15) is 4.79 Å². The number of aromatic carboxylic acids is 1. The van der Waals surface area contributed by atoms with Crippen molar-refractivity contribution in [1.82, 2.24) is 0 Å². The van der Waals surface area contributed by atoms with Gasteiger partial charge in [-0.3, -0.25) is 0 Å². The fourth-order valence-electron chi connectivity index (χ4n) is 1.49. The molecule has 2 rings (SSSR count). The summed E-state index contributed by atoms with van der Waals surface area (Å²) < 4.78 is 0.777. The molecule has 0 saturated carbocycles. The monoisotopic (exact) mass is 345 g/mol. The summed E-state index contributed by atoms with van der Waals surface area (Å²) in [4.78, 5) is 11.3. The smallest absolute Gasteiger partial charge is 0.346 e. The summed E-state index contributed by atoms with van der Waals surface area (Å²) in [6, 6.07) is 7.30. The number of nitrogens with one attached hydrogen (secondary N) is 1. The molecule has 1 heterocycles. The molecule has 3 nitrogen and oxygen atoms in total. The highest BCUT2D eigenvalue weighted by Gasteiger charge is 2.11. The third kappa shape index (κ3) is 2.85. The van der Waals surface area contributed by atoms with E-state index in [2.05, 4.69) is 21.2 Å². The van der Waals surface area contributed by atoms with Gasteiger partial charge in [-0.05, 0) is 45.1 Å². The number of anilines is 1. The highest BCUT2D eigenvalue weighted by molar-refractivity contribution is 9.10. The standard InChI is InChI=1S/C12H9BrClNO2S/c13-10-8(14)2-1-3-9(10)15-6-7-4-5-18-11(7)12(16)17/h1-5,15H,6H2,(H,16,17). The predicted octanol–water partition coefficient (Wildman–Crippen LogP) is 4.47. The van der Waals surface area contributed by atoms with E-state index in [-0.39, 0.29) is 0 Å². The van der Waals surface area contributed by atoms with Gasteiger partial charge in [0.05, 0.1) is 15.2 Å². The van der Waals surface area contributed by atoms with Crippen molar-refractivity contribution < 1.29 is 9.90 Å². The maximum atomic E-state index is 11.0. The summed E-state index contributed by atoms with van der Waals surface area (Å²) in [5, 5.41) is 14.6. The van der Waals surface area contributed by atoms with E-state index < -0.39 is 5.97 Å². The van der Waals surface area contributed by atoms with E-state index in [1.54, 1.807) is 17.5 Å². The van der Waals surface area contributed by atoms with E-state index in [0.29, 0.717) is 16.4 Å². The molecule has 0 radical (unpaired) electrons. The SMILES string of the molecule is O=C(O)c1sccc1CNc1cccc(Cl)c1Br. The van der Waals surface area contributed by atoms with E-state index in [1.807, 2.05) is 12.1 Å². The molecule has 0 bridgehead atoms. The third-order valence-electron chi connectivity index (χ3n) is 2.36. The van der Waals surface area contributed by atoms with Gasteiger partial charge in [0.2, 0.25) is 0 Å². The van der Waals surface area contributed by atoms with Crippen molar-refractivity contribution in [1.29, 1.82) is 0 Å². The Hall–Kier alpha value is -1.04. The zero-order valence-electron chi connectivity index (χ0n) is 9.11. The van der Waals surface area contributed by atoms with Crippen LogP contribution in [0, 0.1) is 0 Å². The van der Waals surface area contributed by atoms with Gasteiger partial charge < -0.3 is 10.4 Å². The predicted molar refractivity (Wildman–Crippen MR) is 77.8 cm³/mol. The molecular weight excluding hydrogens is 338 g/mol. The molecular formula is C12H9BrClNO2S. The van der Waals surface area contributed by atoms with Crippen LogP contribution in [0.3, 0.4) is 0 Å². The van der Waals surface area contributed by atoms with Crippen molar-refractivity contribution in [2.75, 3.05) is 5.32 Å². The number of hydrogen-bond donors (Lipinski definition) is 2. The van der Waals surface area contributed by atoms with Crippen molar-refractivity contribution >= 4 is 50.5 Å². The van der Waals surface area contributed by atoms with Crippen molar-refractivity contribution in [3.8, 4) is 0 Å². The zero-order valence-corrected chi connectivity index (χ0v) is 12.3. The highest BCUT2D eigenvalue weighted by atomic mass is 79.9. The van der Waals surface area contributed by atoms with Gasteiger partial charge in [-0.1, -0.05) is 17.7 Å². The molecule has 0 fully saturated rings. The lowest BCUT2D eigenvalue weighted by molar-refractivity contribution is 0.0701. The van der Waals surface area contributed by atoms with Crippen molar-refractivity contribution in [3.63, 3.8) is 0 Å². The number of carboxylic acids is 1.